The lowest BCUT2D eigenvalue weighted by Gasteiger charge is -2.39. The van der Waals surface area contributed by atoms with E-state index < -0.39 is 23.9 Å². The summed E-state index contributed by atoms with van der Waals surface area (Å²) in [6, 6.07) is 4.60. The fourth-order valence-corrected chi connectivity index (χ4v) is 4.01. The number of carbonyl (C=O) groups excluding carboxylic acids is 3. The molecule has 1 aromatic carbocycles. The van der Waals surface area contributed by atoms with Crippen molar-refractivity contribution >= 4 is 18.0 Å². The molecule has 4 amide bonds. The van der Waals surface area contributed by atoms with Crippen LogP contribution in [-0.4, -0.2) is 85.7 Å². The van der Waals surface area contributed by atoms with Crippen LogP contribution in [0.2, 0.25) is 0 Å². The molecule has 10 heteroatoms. The normalized spacial score (nSPS) is 19.4. The van der Waals surface area contributed by atoms with E-state index in [1.807, 2.05) is 6.92 Å². The Labute approximate surface area is 193 Å². The van der Waals surface area contributed by atoms with E-state index in [1.165, 1.54) is 11.0 Å². The van der Waals surface area contributed by atoms with Crippen LogP contribution in [0.3, 0.4) is 0 Å². The summed E-state index contributed by atoms with van der Waals surface area (Å²) in [4.78, 5) is 43.1. The van der Waals surface area contributed by atoms with Gasteiger partial charge in [-0.2, -0.15) is 0 Å². The van der Waals surface area contributed by atoms with E-state index in [4.69, 9.17) is 4.74 Å². The number of carbonyl (C=O) groups is 3. The molecule has 0 spiro atoms. The third-order valence-corrected chi connectivity index (χ3v) is 5.85. The quantitative estimate of drug-likeness (QED) is 0.607. The molecule has 0 aliphatic carbocycles. The van der Waals surface area contributed by atoms with Crippen LogP contribution < -0.4 is 10.6 Å². The lowest BCUT2D eigenvalue weighted by atomic mass is 9.94. The molecule has 9 nitrogen and oxygen atoms in total. The van der Waals surface area contributed by atoms with Gasteiger partial charge in [0, 0.05) is 57.6 Å². The summed E-state index contributed by atoms with van der Waals surface area (Å²) in [5.74, 6) is -1.11. The Bertz CT molecular complexity index is 914. The van der Waals surface area contributed by atoms with Crippen LogP contribution in [0, 0.1) is 5.82 Å². The summed E-state index contributed by atoms with van der Waals surface area (Å²) in [6.07, 6.45) is 0.869. The van der Waals surface area contributed by atoms with E-state index in [9.17, 15) is 18.8 Å². The largest absolute Gasteiger partial charge is 0.463 e. The Balaban J connectivity index is 1.86. The predicted molar refractivity (Wildman–Crippen MR) is 121 cm³/mol. The maximum Gasteiger partial charge on any atom is 0.338 e. The Morgan fingerprint density at radius 1 is 1.18 bits per heavy atom. The number of hydrogen-bond acceptors (Lipinski definition) is 5. The van der Waals surface area contributed by atoms with Crippen LogP contribution in [0.4, 0.5) is 14.0 Å². The van der Waals surface area contributed by atoms with Crippen molar-refractivity contribution < 1.29 is 23.5 Å². The molecule has 180 valence electrons. The van der Waals surface area contributed by atoms with E-state index in [2.05, 4.69) is 15.5 Å². The summed E-state index contributed by atoms with van der Waals surface area (Å²) in [6.45, 7) is 7.01. The molecule has 0 aromatic heterocycles. The van der Waals surface area contributed by atoms with Gasteiger partial charge in [-0.15, -0.1) is 0 Å². The monoisotopic (exact) mass is 461 g/mol. The second-order valence-corrected chi connectivity index (χ2v) is 8.04. The van der Waals surface area contributed by atoms with Gasteiger partial charge in [-0.3, -0.25) is 9.80 Å². The second-order valence-electron chi connectivity index (χ2n) is 8.04. The molecule has 0 saturated carbocycles. The highest BCUT2D eigenvalue weighted by Gasteiger charge is 2.38. The molecule has 1 fully saturated rings. The summed E-state index contributed by atoms with van der Waals surface area (Å²) in [5, 5.41) is 5.61. The van der Waals surface area contributed by atoms with Crippen LogP contribution in [0.1, 0.15) is 31.9 Å². The Kier molecular flexibility index (Phi) is 8.26. The number of urea groups is 2. The molecule has 2 heterocycles. The average Bonchev–Trinajstić information content (AvgIpc) is 2.81. The van der Waals surface area contributed by atoms with Crippen molar-refractivity contribution in [1.82, 2.24) is 25.3 Å². The fraction of sp³-hybridized carbons (Fsp3) is 0.522. The van der Waals surface area contributed by atoms with Gasteiger partial charge in [0.2, 0.25) is 0 Å². The summed E-state index contributed by atoms with van der Waals surface area (Å²) in [5.41, 5.74) is 0.887. The maximum atomic E-state index is 14.6. The van der Waals surface area contributed by atoms with Gasteiger partial charge >= 0.3 is 18.0 Å². The first-order chi connectivity index (χ1) is 15.9. The first-order valence-electron chi connectivity index (χ1n) is 11.3. The molecule has 2 N–H and O–H groups in total. The van der Waals surface area contributed by atoms with Crippen LogP contribution in [0.5, 0.6) is 0 Å². The molecule has 1 atom stereocenters. The van der Waals surface area contributed by atoms with Gasteiger partial charge in [0.15, 0.2) is 0 Å². The van der Waals surface area contributed by atoms with Gasteiger partial charge in [0.1, 0.15) is 5.82 Å². The van der Waals surface area contributed by atoms with Crippen molar-refractivity contribution in [2.24, 2.45) is 0 Å². The molecule has 1 saturated heterocycles. The maximum absolute atomic E-state index is 14.6. The van der Waals surface area contributed by atoms with Gasteiger partial charge < -0.3 is 20.3 Å². The molecular formula is C23H32FN5O4. The number of esters is 1. The number of ether oxygens (including phenoxy) is 1. The van der Waals surface area contributed by atoms with Gasteiger partial charge in [-0.1, -0.05) is 25.1 Å². The van der Waals surface area contributed by atoms with Gasteiger partial charge in [0.25, 0.3) is 0 Å². The van der Waals surface area contributed by atoms with Crippen molar-refractivity contribution in [3.05, 3.63) is 46.9 Å². The third-order valence-electron chi connectivity index (χ3n) is 5.85. The van der Waals surface area contributed by atoms with E-state index >= 15 is 0 Å². The zero-order valence-electron chi connectivity index (χ0n) is 19.4. The molecule has 3 rings (SSSR count). The van der Waals surface area contributed by atoms with Gasteiger partial charge in [-0.05, 0) is 19.4 Å². The topological polar surface area (TPSA) is 94.2 Å². The third kappa shape index (κ3) is 5.62. The second kappa shape index (κ2) is 11.1. The zero-order chi connectivity index (χ0) is 24.0. The van der Waals surface area contributed by atoms with Crippen molar-refractivity contribution in [2.45, 2.75) is 26.3 Å². The van der Waals surface area contributed by atoms with Crippen molar-refractivity contribution in [3.8, 4) is 0 Å². The number of likely N-dealkylation sites (N-methyl/N-ethyl adjacent to an activating group) is 1. The zero-order valence-corrected chi connectivity index (χ0v) is 19.4. The Morgan fingerprint density at radius 3 is 2.52 bits per heavy atom. The molecular weight excluding hydrogens is 429 g/mol. The summed E-state index contributed by atoms with van der Waals surface area (Å²) >= 11 is 0. The number of nitrogens with zero attached hydrogens (tertiary/aromatic N) is 3. The lowest BCUT2D eigenvalue weighted by molar-refractivity contribution is -0.139. The van der Waals surface area contributed by atoms with E-state index in [1.54, 1.807) is 37.1 Å². The number of benzene rings is 1. The molecule has 0 bridgehead atoms. The van der Waals surface area contributed by atoms with Crippen molar-refractivity contribution in [3.63, 3.8) is 0 Å². The average molecular weight is 462 g/mol. The lowest BCUT2D eigenvalue weighted by Crippen LogP contribution is -2.54. The Morgan fingerprint density at radius 2 is 1.88 bits per heavy atom. The molecule has 0 radical (unpaired) electrons. The van der Waals surface area contributed by atoms with Gasteiger partial charge in [-0.25, -0.2) is 18.8 Å². The number of hydrogen-bond donors (Lipinski definition) is 2. The number of piperazine rings is 1. The summed E-state index contributed by atoms with van der Waals surface area (Å²) in [7, 11) is 1.58. The molecule has 33 heavy (non-hydrogen) atoms. The first kappa shape index (κ1) is 24.5. The van der Waals surface area contributed by atoms with Gasteiger partial charge in [0.05, 0.1) is 18.2 Å². The van der Waals surface area contributed by atoms with Crippen molar-refractivity contribution in [1.29, 1.82) is 0 Å². The van der Waals surface area contributed by atoms with E-state index in [0.29, 0.717) is 45.0 Å². The van der Waals surface area contributed by atoms with E-state index in [0.717, 1.165) is 6.42 Å². The minimum atomic E-state index is -0.954. The number of rotatable bonds is 7. The first-order valence-corrected chi connectivity index (χ1v) is 11.3. The van der Waals surface area contributed by atoms with Crippen LogP contribution >= 0.6 is 0 Å². The predicted octanol–water partition coefficient (Wildman–Crippen LogP) is 2.08. The Hall–Kier alpha value is -3.14. The van der Waals surface area contributed by atoms with Crippen LogP contribution in [0.15, 0.2) is 35.5 Å². The van der Waals surface area contributed by atoms with Crippen molar-refractivity contribution in [2.75, 3.05) is 52.9 Å². The number of nitrogens with one attached hydrogen (secondary N) is 2. The standard InChI is InChI=1S/C23H32FN5O4/c1-4-10-25-22(31)29-13-11-28(12-14-29)15-18-19(21(30)33-5-2)20(26-23(32)27(18)3)16-8-6-7-9-17(16)24/h6-9,20H,4-5,10-15H2,1-3H3,(H,25,31)(H,26,32). The smallest absolute Gasteiger partial charge is 0.338 e. The highest BCUT2D eigenvalue weighted by molar-refractivity contribution is 5.95. The van der Waals surface area contributed by atoms with Crippen LogP contribution in [-0.2, 0) is 9.53 Å². The minimum Gasteiger partial charge on any atom is -0.463 e. The molecule has 2 aliphatic heterocycles. The molecule has 1 unspecified atom stereocenters. The van der Waals surface area contributed by atoms with E-state index in [-0.39, 0.29) is 23.8 Å². The summed E-state index contributed by atoms with van der Waals surface area (Å²) < 4.78 is 19.9. The van der Waals surface area contributed by atoms with Crippen LogP contribution in [0.25, 0.3) is 0 Å². The molecule has 2 aliphatic rings. The highest BCUT2D eigenvalue weighted by atomic mass is 19.1. The SMILES string of the molecule is CCCNC(=O)N1CCN(CC2=C(C(=O)OCC)C(c3ccccc3F)NC(=O)N2C)CC1. The fourth-order valence-electron chi connectivity index (χ4n) is 4.01. The minimum absolute atomic E-state index is 0.0864. The molecule has 1 aromatic rings. The number of amides is 4. The highest BCUT2D eigenvalue weighted by Crippen LogP contribution is 2.32. The number of halogens is 1.